The van der Waals surface area contributed by atoms with Gasteiger partial charge in [0.2, 0.25) is 0 Å². The van der Waals surface area contributed by atoms with Gasteiger partial charge in [0.05, 0.1) is 18.2 Å². The fourth-order valence-corrected chi connectivity index (χ4v) is 5.31. The second kappa shape index (κ2) is 12.0. The first-order valence-electron chi connectivity index (χ1n) is 14.0. The Kier molecular flexibility index (Phi) is 7.68. The average Bonchev–Trinajstić information content (AvgIpc) is 3.34. The molecule has 0 aliphatic heterocycles. The molecule has 6 heteroatoms. The van der Waals surface area contributed by atoms with Crippen molar-refractivity contribution in [3.05, 3.63) is 144 Å². The predicted octanol–water partition coefficient (Wildman–Crippen LogP) is 8.14. The first kappa shape index (κ1) is 26.8. The standard InChI is InChI=1S/C36H31N3O3/c1-3-41-36(40)26-21-23-28(24-22-26)42-38-35(34(25-13-6-4-7-14-25)37-27-15-8-5-9-16-27)30-18-12-20-32-33(30)29-17-10-11-19-31(29)39(32)2/h4-24,34,37H,3H2,1-2H3. The van der Waals surface area contributed by atoms with Crippen molar-refractivity contribution in [2.75, 3.05) is 11.9 Å². The predicted molar refractivity (Wildman–Crippen MR) is 169 cm³/mol. The van der Waals surface area contributed by atoms with Gasteiger partial charge >= 0.3 is 5.97 Å². The number of para-hydroxylation sites is 2. The molecule has 0 radical (unpaired) electrons. The van der Waals surface area contributed by atoms with Crippen LogP contribution in [0.5, 0.6) is 5.75 Å². The van der Waals surface area contributed by atoms with Gasteiger partial charge in [-0.25, -0.2) is 4.79 Å². The number of ether oxygens (including phenoxy) is 1. The van der Waals surface area contributed by atoms with Crippen LogP contribution in [-0.4, -0.2) is 22.9 Å². The normalized spacial score (nSPS) is 12.3. The molecule has 0 fully saturated rings. The Hall–Kier alpha value is -5.36. The van der Waals surface area contributed by atoms with Gasteiger partial charge in [-0.1, -0.05) is 84.0 Å². The van der Waals surface area contributed by atoms with Gasteiger partial charge in [0.15, 0.2) is 5.75 Å². The number of nitrogens with zero attached hydrogens (tertiary/aromatic N) is 2. The molecule has 0 aliphatic carbocycles. The lowest BCUT2D eigenvalue weighted by atomic mass is 9.93. The summed E-state index contributed by atoms with van der Waals surface area (Å²) in [5.74, 6) is 0.143. The van der Waals surface area contributed by atoms with Crippen molar-refractivity contribution < 1.29 is 14.4 Å². The van der Waals surface area contributed by atoms with Gasteiger partial charge in [-0.2, -0.15) is 0 Å². The van der Waals surface area contributed by atoms with Gasteiger partial charge in [0.1, 0.15) is 5.71 Å². The van der Waals surface area contributed by atoms with Crippen LogP contribution >= 0.6 is 0 Å². The minimum absolute atomic E-state index is 0.319. The summed E-state index contributed by atoms with van der Waals surface area (Å²) in [6.45, 7) is 2.11. The lowest BCUT2D eigenvalue weighted by Crippen LogP contribution is -2.23. The monoisotopic (exact) mass is 553 g/mol. The zero-order valence-corrected chi connectivity index (χ0v) is 23.5. The smallest absolute Gasteiger partial charge is 0.338 e. The number of aromatic nitrogens is 1. The molecule has 0 bridgehead atoms. The molecule has 1 atom stereocenters. The number of carbonyl (C=O) groups excluding carboxylic acids is 1. The van der Waals surface area contributed by atoms with Crippen molar-refractivity contribution in [3.63, 3.8) is 0 Å². The Morgan fingerprint density at radius 3 is 2.19 bits per heavy atom. The summed E-state index contributed by atoms with van der Waals surface area (Å²) in [6, 6.07) is 41.5. The maximum atomic E-state index is 12.2. The van der Waals surface area contributed by atoms with E-state index in [1.807, 2.05) is 48.5 Å². The van der Waals surface area contributed by atoms with Crippen molar-refractivity contribution >= 4 is 39.2 Å². The van der Waals surface area contributed by atoms with Crippen molar-refractivity contribution in [1.29, 1.82) is 0 Å². The number of hydrogen-bond donors (Lipinski definition) is 1. The van der Waals surface area contributed by atoms with Crippen molar-refractivity contribution in [2.45, 2.75) is 13.0 Å². The van der Waals surface area contributed by atoms with Gasteiger partial charge < -0.3 is 19.5 Å². The number of nitrogens with one attached hydrogen (secondary N) is 1. The van der Waals surface area contributed by atoms with Crippen LogP contribution in [0, 0.1) is 0 Å². The molecule has 42 heavy (non-hydrogen) atoms. The van der Waals surface area contributed by atoms with Crippen molar-refractivity contribution in [2.24, 2.45) is 12.2 Å². The van der Waals surface area contributed by atoms with Gasteiger partial charge in [-0.15, -0.1) is 0 Å². The van der Waals surface area contributed by atoms with E-state index in [1.54, 1.807) is 31.2 Å². The topological polar surface area (TPSA) is 64.8 Å². The van der Waals surface area contributed by atoms with Crippen LogP contribution in [0.4, 0.5) is 5.69 Å². The summed E-state index contributed by atoms with van der Waals surface area (Å²) in [5, 5.41) is 10.8. The molecule has 0 spiro atoms. The number of hydrogen-bond acceptors (Lipinski definition) is 5. The lowest BCUT2D eigenvalue weighted by Gasteiger charge is -2.23. The molecule has 0 aliphatic rings. The van der Waals surface area contributed by atoms with E-state index in [1.165, 1.54) is 0 Å². The first-order valence-corrected chi connectivity index (χ1v) is 14.0. The number of benzene rings is 5. The number of anilines is 1. The van der Waals surface area contributed by atoms with Crippen LogP contribution < -0.4 is 10.2 Å². The van der Waals surface area contributed by atoms with E-state index in [-0.39, 0.29) is 12.0 Å². The fraction of sp³-hybridized carbons (Fsp3) is 0.111. The summed E-state index contributed by atoms with van der Waals surface area (Å²) in [5.41, 5.74) is 6.39. The molecular weight excluding hydrogens is 522 g/mol. The molecule has 0 saturated carbocycles. The Bertz CT molecular complexity index is 1860. The van der Waals surface area contributed by atoms with Crippen LogP contribution in [0.15, 0.2) is 133 Å². The molecule has 5 aromatic carbocycles. The van der Waals surface area contributed by atoms with Crippen LogP contribution in [0.25, 0.3) is 21.8 Å². The second-order valence-corrected chi connectivity index (χ2v) is 9.94. The van der Waals surface area contributed by atoms with Gasteiger partial charge in [-0.3, -0.25) is 0 Å². The first-order chi connectivity index (χ1) is 20.6. The molecule has 6 rings (SSSR count). The molecule has 1 heterocycles. The summed E-state index contributed by atoms with van der Waals surface area (Å²) in [7, 11) is 2.09. The zero-order valence-electron chi connectivity index (χ0n) is 23.5. The molecule has 0 amide bonds. The van der Waals surface area contributed by atoms with E-state index in [9.17, 15) is 4.79 Å². The Morgan fingerprint density at radius 1 is 0.786 bits per heavy atom. The SMILES string of the molecule is CCOC(=O)c1ccc(ON=C(c2cccc3c2c2ccccc2n3C)C(Nc2ccccc2)c2ccccc2)cc1. The van der Waals surface area contributed by atoms with Crippen LogP contribution in [-0.2, 0) is 11.8 Å². The van der Waals surface area contributed by atoms with E-state index >= 15 is 0 Å². The number of fused-ring (bicyclic) bond motifs is 3. The van der Waals surface area contributed by atoms with E-state index < -0.39 is 0 Å². The number of aryl methyl sites for hydroxylation is 1. The molecular formula is C36H31N3O3. The zero-order chi connectivity index (χ0) is 28.9. The highest BCUT2D eigenvalue weighted by Gasteiger charge is 2.25. The third-order valence-electron chi connectivity index (χ3n) is 7.32. The van der Waals surface area contributed by atoms with Crippen molar-refractivity contribution in [1.82, 2.24) is 4.57 Å². The van der Waals surface area contributed by atoms with Gasteiger partial charge in [0.25, 0.3) is 0 Å². The minimum atomic E-state index is -0.368. The van der Waals surface area contributed by atoms with E-state index in [2.05, 4.69) is 71.5 Å². The second-order valence-electron chi connectivity index (χ2n) is 9.94. The summed E-state index contributed by atoms with van der Waals surface area (Å²) in [6.07, 6.45) is 0. The molecule has 6 nitrogen and oxygen atoms in total. The number of esters is 1. The van der Waals surface area contributed by atoms with E-state index in [0.29, 0.717) is 17.9 Å². The molecule has 0 saturated heterocycles. The maximum Gasteiger partial charge on any atom is 0.338 e. The molecule has 208 valence electrons. The van der Waals surface area contributed by atoms with Gasteiger partial charge in [0, 0.05) is 40.1 Å². The quantitative estimate of drug-likeness (QED) is 0.111. The summed E-state index contributed by atoms with van der Waals surface area (Å²) >= 11 is 0. The van der Waals surface area contributed by atoms with Crippen LogP contribution in [0.1, 0.15) is 34.5 Å². The number of oxime groups is 1. The Balaban J connectivity index is 1.52. The highest BCUT2D eigenvalue weighted by Crippen LogP contribution is 2.34. The van der Waals surface area contributed by atoms with Crippen LogP contribution in [0.2, 0.25) is 0 Å². The summed E-state index contributed by atoms with van der Waals surface area (Å²) in [4.78, 5) is 18.3. The highest BCUT2D eigenvalue weighted by atomic mass is 16.6. The van der Waals surface area contributed by atoms with Crippen LogP contribution in [0.3, 0.4) is 0 Å². The molecule has 1 unspecified atom stereocenters. The number of rotatable bonds is 9. The Labute approximate surface area is 244 Å². The highest BCUT2D eigenvalue weighted by molar-refractivity contribution is 6.21. The summed E-state index contributed by atoms with van der Waals surface area (Å²) < 4.78 is 7.33. The molecule has 6 aromatic rings. The van der Waals surface area contributed by atoms with E-state index in [0.717, 1.165) is 44.3 Å². The fourth-order valence-electron chi connectivity index (χ4n) is 5.31. The minimum Gasteiger partial charge on any atom is -0.462 e. The van der Waals surface area contributed by atoms with Gasteiger partial charge in [-0.05, 0) is 61.0 Å². The van der Waals surface area contributed by atoms with Crippen molar-refractivity contribution in [3.8, 4) is 5.75 Å². The molecule has 1 aromatic heterocycles. The maximum absolute atomic E-state index is 12.2. The molecule has 1 N–H and O–H groups in total. The third kappa shape index (κ3) is 5.34. The third-order valence-corrected chi connectivity index (χ3v) is 7.32. The largest absolute Gasteiger partial charge is 0.462 e. The lowest BCUT2D eigenvalue weighted by molar-refractivity contribution is 0.0526. The average molecular weight is 554 g/mol. The van der Waals surface area contributed by atoms with E-state index in [4.69, 9.17) is 14.7 Å². The number of carbonyl (C=O) groups is 1. The Morgan fingerprint density at radius 2 is 1.45 bits per heavy atom.